The maximum atomic E-state index is 13.9. The Bertz CT molecular complexity index is 639. The molecule has 1 aromatic carbocycles. The van der Waals surface area contributed by atoms with Crippen LogP contribution in [0.25, 0.3) is 0 Å². The summed E-state index contributed by atoms with van der Waals surface area (Å²) in [7, 11) is 0. The van der Waals surface area contributed by atoms with Crippen LogP contribution >= 0.6 is 0 Å². The molecule has 1 aromatic rings. The largest absolute Gasteiger partial charge is 0.494 e. The van der Waals surface area contributed by atoms with Gasteiger partial charge < -0.3 is 19.5 Å². The summed E-state index contributed by atoms with van der Waals surface area (Å²) >= 11 is 0. The molecule has 0 spiro atoms. The molecule has 0 unspecified atom stereocenters. The van der Waals surface area contributed by atoms with Gasteiger partial charge in [-0.3, -0.25) is 0 Å². The van der Waals surface area contributed by atoms with Crippen LogP contribution < -0.4 is 10.1 Å². The van der Waals surface area contributed by atoms with Gasteiger partial charge in [-0.25, -0.2) is 18.4 Å². The molecule has 8 heteroatoms. The maximum Gasteiger partial charge on any atom is 0.350 e. The summed E-state index contributed by atoms with van der Waals surface area (Å²) in [6, 6.07) is 1.96. The number of hydrogen-bond acceptors (Lipinski definition) is 6. The fraction of sp³-hybridized carbons (Fsp3) is 0.333. The molecule has 124 valence electrons. The SMILES string of the molecule is CCOc1cc(F)c(NC=C2C(=O)OC(C)(C)OC2=O)c(F)c1. The van der Waals surface area contributed by atoms with Crippen LogP contribution in [0.3, 0.4) is 0 Å². The summed E-state index contributed by atoms with van der Waals surface area (Å²) in [6.45, 7) is 4.70. The van der Waals surface area contributed by atoms with E-state index in [1.807, 2.05) is 0 Å². The Hall–Kier alpha value is -2.64. The van der Waals surface area contributed by atoms with Crippen LogP contribution in [0.5, 0.6) is 5.75 Å². The molecule has 1 fully saturated rings. The Kier molecular flexibility index (Phi) is 4.53. The minimum atomic E-state index is -1.39. The van der Waals surface area contributed by atoms with E-state index in [-0.39, 0.29) is 12.4 Å². The van der Waals surface area contributed by atoms with Crippen LogP contribution in [0.15, 0.2) is 23.9 Å². The van der Waals surface area contributed by atoms with Crippen molar-refractivity contribution in [3.8, 4) is 5.75 Å². The zero-order valence-corrected chi connectivity index (χ0v) is 12.7. The molecular weight excluding hydrogens is 312 g/mol. The van der Waals surface area contributed by atoms with E-state index in [4.69, 9.17) is 14.2 Å². The van der Waals surface area contributed by atoms with Gasteiger partial charge in [0, 0.05) is 32.2 Å². The highest BCUT2D eigenvalue weighted by atomic mass is 19.1. The zero-order valence-electron chi connectivity index (χ0n) is 12.7. The van der Waals surface area contributed by atoms with Crippen molar-refractivity contribution in [3.05, 3.63) is 35.5 Å². The minimum Gasteiger partial charge on any atom is -0.494 e. The van der Waals surface area contributed by atoms with Crippen molar-refractivity contribution in [2.45, 2.75) is 26.6 Å². The molecule has 0 aromatic heterocycles. The van der Waals surface area contributed by atoms with Crippen LogP contribution in [0.2, 0.25) is 0 Å². The Morgan fingerprint density at radius 2 is 1.70 bits per heavy atom. The third-order valence-corrected chi connectivity index (χ3v) is 2.80. The van der Waals surface area contributed by atoms with Gasteiger partial charge in [0.25, 0.3) is 5.79 Å². The molecule has 1 aliphatic heterocycles. The molecule has 6 nitrogen and oxygen atoms in total. The molecule has 23 heavy (non-hydrogen) atoms. The van der Waals surface area contributed by atoms with Gasteiger partial charge >= 0.3 is 11.9 Å². The molecule has 0 bridgehead atoms. The lowest BCUT2D eigenvalue weighted by Crippen LogP contribution is -2.42. The summed E-state index contributed by atoms with van der Waals surface area (Å²) in [6.07, 6.45) is 0.835. The van der Waals surface area contributed by atoms with E-state index in [1.54, 1.807) is 6.92 Å². The Morgan fingerprint density at radius 1 is 1.17 bits per heavy atom. The highest BCUT2D eigenvalue weighted by molar-refractivity contribution is 6.15. The topological polar surface area (TPSA) is 73.9 Å². The van der Waals surface area contributed by atoms with Crippen molar-refractivity contribution >= 4 is 17.6 Å². The number of halogens is 2. The first-order valence-electron chi connectivity index (χ1n) is 6.78. The number of carbonyl (C=O) groups is 2. The second-order valence-electron chi connectivity index (χ2n) is 5.08. The first-order valence-corrected chi connectivity index (χ1v) is 6.78. The number of esters is 2. The number of ether oxygens (including phenoxy) is 3. The lowest BCUT2D eigenvalue weighted by Gasteiger charge is -2.29. The van der Waals surface area contributed by atoms with Gasteiger partial charge in [-0.2, -0.15) is 0 Å². The van der Waals surface area contributed by atoms with Crippen LogP contribution in [0.4, 0.5) is 14.5 Å². The molecule has 0 aliphatic carbocycles. The average molecular weight is 327 g/mol. The number of hydrogen-bond donors (Lipinski definition) is 1. The summed E-state index contributed by atoms with van der Waals surface area (Å²) in [5.74, 6) is -5.15. The van der Waals surface area contributed by atoms with Gasteiger partial charge in [-0.15, -0.1) is 0 Å². The minimum absolute atomic E-state index is 0.0268. The highest BCUT2D eigenvalue weighted by Crippen LogP contribution is 2.26. The standard InChI is InChI=1S/C15H15F2NO5/c1-4-21-8-5-10(16)12(11(17)6-8)18-7-9-13(19)22-15(2,3)23-14(9)20/h5-7,18H,4H2,1-3H3. The number of nitrogens with one attached hydrogen (secondary N) is 1. The van der Waals surface area contributed by atoms with Crippen LogP contribution in [0, 0.1) is 11.6 Å². The molecule has 1 saturated heterocycles. The molecule has 1 aliphatic rings. The monoisotopic (exact) mass is 327 g/mol. The summed E-state index contributed by atoms with van der Waals surface area (Å²) < 4.78 is 42.4. The molecule has 0 amide bonds. The molecule has 0 saturated carbocycles. The summed E-state index contributed by atoms with van der Waals surface area (Å²) in [5.41, 5.74) is -1.04. The molecular formula is C15H15F2NO5. The van der Waals surface area contributed by atoms with Gasteiger partial charge in [0.1, 0.15) is 11.4 Å². The smallest absolute Gasteiger partial charge is 0.350 e. The van der Waals surface area contributed by atoms with E-state index < -0.39 is 40.6 Å². The van der Waals surface area contributed by atoms with Gasteiger partial charge in [0.2, 0.25) is 0 Å². The summed E-state index contributed by atoms with van der Waals surface area (Å²) in [5, 5.41) is 2.24. The highest BCUT2D eigenvalue weighted by Gasteiger charge is 2.39. The van der Waals surface area contributed by atoms with Gasteiger partial charge in [0.15, 0.2) is 17.2 Å². The number of rotatable bonds is 4. The predicted molar refractivity (Wildman–Crippen MR) is 75.5 cm³/mol. The molecule has 1 N–H and O–H groups in total. The number of carbonyl (C=O) groups excluding carboxylic acids is 2. The van der Waals surface area contributed by atoms with Crippen molar-refractivity contribution < 1.29 is 32.6 Å². The second kappa shape index (κ2) is 6.23. The average Bonchev–Trinajstić information content (AvgIpc) is 2.39. The van der Waals surface area contributed by atoms with Gasteiger partial charge in [-0.05, 0) is 6.92 Å². The van der Waals surface area contributed by atoms with Gasteiger partial charge in [0.05, 0.1) is 6.61 Å². The van der Waals surface area contributed by atoms with Crippen LogP contribution in [-0.2, 0) is 19.1 Å². The Morgan fingerprint density at radius 3 is 2.17 bits per heavy atom. The Labute approximate surface area is 131 Å². The van der Waals surface area contributed by atoms with Crippen molar-refractivity contribution in [1.29, 1.82) is 0 Å². The number of anilines is 1. The lowest BCUT2D eigenvalue weighted by molar-refractivity contribution is -0.222. The van der Waals surface area contributed by atoms with E-state index in [2.05, 4.69) is 5.32 Å². The first-order chi connectivity index (χ1) is 10.7. The molecule has 1 heterocycles. The first kappa shape index (κ1) is 16.7. The van der Waals surface area contributed by atoms with E-state index in [0.717, 1.165) is 18.3 Å². The van der Waals surface area contributed by atoms with Crippen molar-refractivity contribution in [2.24, 2.45) is 0 Å². The third kappa shape index (κ3) is 3.77. The van der Waals surface area contributed by atoms with E-state index in [1.165, 1.54) is 13.8 Å². The number of cyclic esters (lactones) is 2. The molecule has 0 radical (unpaired) electrons. The Balaban J connectivity index is 2.23. The van der Waals surface area contributed by atoms with Crippen molar-refractivity contribution in [1.82, 2.24) is 0 Å². The normalized spacial score (nSPS) is 16.5. The fourth-order valence-electron chi connectivity index (χ4n) is 1.86. The predicted octanol–water partition coefficient (Wildman–Crippen LogP) is 2.50. The van der Waals surface area contributed by atoms with E-state index in [9.17, 15) is 18.4 Å². The second-order valence-corrected chi connectivity index (χ2v) is 5.08. The van der Waals surface area contributed by atoms with Crippen LogP contribution in [0.1, 0.15) is 20.8 Å². The van der Waals surface area contributed by atoms with E-state index in [0.29, 0.717) is 0 Å². The number of benzene rings is 1. The molecule has 0 atom stereocenters. The van der Waals surface area contributed by atoms with Crippen molar-refractivity contribution in [3.63, 3.8) is 0 Å². The zero-order chi connectivity index (χ0) is 17.2. The third-order valence-electron chi connectivity index (χ3n) is 2.80. The van der Waals surface area contributed by atoms with Crippen LogP contribution in [-0.4, -0.2) is 24.3 Å². The van der Waals surface area contributed by atoms with Crippen molar-refractivity contribution in [2.75, 3.05) is 11.9 Å². The molecule has 2 rings (SSSR count). The van der Waals surface area contributed by atoms with Gasteiger partial charge in [-0.1, -0.05) is 0 Å². The lowest BCUT2D eigenvalue weighted by atomic mass is 10.2. The quantitative estimate of drug-likeness (QED) is 0.520. The maximum absolute atomic E-state index is 13.9. The fourth-order valence-corrected chi connectivity index (χ4v) is 1.86. The van der Waals surface area contributed by atoms with E-state index >= 15 is 0 Å². The summed E-state index contributed by atoms with van der Waals surface area (Å²) in [4.78, 5) is 23.4.